The summed E-state index contributed by atoms with van der Waals surface area (Å²) in [6, 6.07) is 1.80. The van der Waals surface area contributed by atoms with Crippen LogP contribution >= 0.6 is 34.4 Å². The van der Waals surface area contributed by atoms with E-state index < -0.39 is 5.97 Å². The fourth-order valence-electron chi connectivity index (χ4n) is 1.93. The summed E-state index contributed by atoms with van der Waals surface area (Å²) in [6.45, 7) is 8.88. The van der Waals surface area contributed by atoms with Crippen LogP contribution in [0.4, 0.5) is 10.1 Å². The minimum atomic E-state index is -0.419. The smallest absolute Gasteiger partial charge is 0.341 e. The largest absolute Gasteiger partial charge is 0.462 e. The van der Waals surface area contributed by atoms with Gasteiger partial charge in [-0.2, -0.15) is 0 Å². The van der Waals surface area contributed by atoms with Crippen LogP contribution < -0.4 is 10.6 Å². The number of nitrogens with zero attached hydrogens (tertiary/aromatic N) is 2. The standard InChI is InChI=1S/C16H22N4O3S3/c1-5-17-15-19-20-16(26-15)24-8-12(21)18-13-10(14(22)23-6-2)7-11(25-13)9(3)4/h7,9H,5-6,8H2,1-4H3,(H,17,19)(H,18,21). The Morgan fingerprint density at radius 2 is 2.04 bits per heavy atom. The number of thioether (sulfide) groups is 1. The first-order valence-corrected chi connectivity index (χ1v) is 10.9. The van der Waals surface area contributed by atoms with Gasteiger partial charge in [-0.3, -0.25) is 4.79 Å². The summed E-state index contributed by atoms with van der Waals surface area (Å²) in [6.07, 6.45) is 0. The highest BCUT2D eigenvalue weighted by Gasteiger charge is 2.20. The highest BCUT2D eigenvalue weighted by molar-refractivity contribution is 8.01. The van der Waals surface area contributed by atoms with E-state index in [4.69, 9.17) is 4.74 Å². The Morgan fingerprint density at radius 3 is 2.69 bits per heavy atom. The van der Waals surface area contributed by atoms with E-state index in [9.17, 15) is 9.59 Å². The fraction of sp³-hybridized carbons (Fsp3) is 0.500. The molecule has 0 atom stereocenters. The Hall–Kier alpha value is -1.65. The molecule has 0 aliphatic heterocycles. The molecule has 0 saturated heterocycles. The number of anilines is 2. The molecule has 2 aromatic heterocycles. The first kappa shape index (κ1) is 20.7. The number of aromatic nitrogens is 2. The van der Waals surface area contributed by atoms with Gasteiger partial charge in [-0.25, -0.2) is 4.79 Å². The van der Waals surface area contributed by atoms with Crippen LogP contribution in [-0.2, 0) is 9.53 Å². The van der Waals surface area contributed by atoms with Gasteiger partial charge in [0.05, 0.1) is 17.9 Å². The number of thiophene rings is 1. The summed E-state index contributed by atoms with van der Waals surface area (Å²) in [4.78, 5) is 25.4. The van der Waals surface area contributed by atoms with Crippen molar-refractivity contribution in [2.75, 3.05) is 29.5 Å². The van der Waals surface area contributed by atoms with Crippen molar-refractivity contribution in [1.82, 2.24) is 10.2 Å². The van der Waals surface area contributed by atoms with Gasteiger partial charge < -0.3 is 15.4 Å². The number of ether oxygens (including phenoxy) is 1. The summed E-state index contributed by atoms with van der Waals surface area (Å²) in [5.74, 6) is -0.159. The molecule has 142 valence electrons. The summed E-state index contributed by atoms with van der Waals surface area (Å²) in [5.41, 5.74) is 0.407. The molecule has 0 aliphatic rings. The predicted octanol–water partition coefficient (Wildman–Crippen LogP) is 4.06. The molecule has 0 unspecified atom stereocenters. The van der Waals surface area contributed by atoms with Crippen molar-refractivity contribution < 1.29 is 14.3 Å². The zero-order valence-electron chi connectivity index (χ0n) is 15.1. The molecule has 0 aromatic carbocycles. The molecule has 0 saturated carbocycles. The normalized spacial score (nSPS) is 10.8. The molecule has 0 aliphatic carbocycles. The number of esters is 1. The monoisotopic (exact) mass is 414 g/mol. The van der Waals surface area contributed by atoms with E-state index in [1.165, 1.54) is 34.4 Å². The van der Waals surface area contributed by atoms with Crippen molar-refractivity contribution in [2.24, 2.45) is 0 Å². The van der Waals surface area contributed by atoms with Gasteiger partial charge in [0, 0.05) is 11.4 Å². The van der Waals surface area contributed by atoms with Crippen molar-refractivity contribution in [3.63, 3.8) is 0 Å². The first-order valence-electron chi connectivity index (χ1n) is 8.25. The van der Waals surface area contributed by atoms with Gasteiger partial charge in [0.25, 0.3) is 0 Å². The third-order valence-electron chi connectivity index (χ3n) is 3.13. The zero-order valence-corrected chi connectivity index (χ0v) is 17.6. The Balaban J connectivity index is 2.01. The van der Waals surface area contributed by atoms with Gasteiger partial charge in [0.15, 0.2) is 4.34 Å². The number of nitrogens with one attached hydrogen (secondary N) is 2. The number of hydrogen-bond acceptors (Lipinski definition) is 9. The van der Waals surface area contributed by atoms with Gasteiger partial charge in [-0.1, -0.05) is 36.9 Å². The van der Waals surface area contributed by atoms with Crippen LogP contribution in [0.1, 0.15) is 48.8 Å². The van der Waals surface area contributed by atoms with E-state index in [0.29, 0.717) is 17.2 Å². The quantitative estimate of drug-likeness (QED) is 0.472. The maximum Gasteiger partial charge on any atom is 0.341 e. The Kier molecular flexibility index (Phi) is 7.85. The maximum absolute atomic E-state index is 12.3. The molecular formula is C16H22N4O3S3. The lowest BCUT2D eigenvalue weighted by Crippen LogP contribution is -2.15. The minimum Gasteiger partial charge on any atom is -0.462 e. The molecule has 26 heavy (non-hydrogen) atoms. The molecule has 0 radical (unpaired) electrons. The topological polar surface area (TPSA) is 93.2 Å². The molecule has 1 amide bonds. The third kappa shape index (κ3) is 5.68. The number of rotatable bonds is 9. The van der Waals surface area contributed by atoms with Crippen molar-refractivity contribution in [3.8, 4) is 0 Å². The number of hydrogen-bond donors (Lipinski definition) is 2. The van der Waals surface area contributed by atoms with Crippen molar-refractivity contribution in [2.45, 2.75) is 38.0 Å². The van der Waals surface area contributed by atoms with Crippen LogP contribution in [0.3, 0.4) is 0 Å². The average molecular weight is 415 g/mol. The molecule has 2 rings (SSSR count). The summed E-state index contributed by atoms with van der Waals surface area (Å²) < 4.78 is 5.80. The second-order valence-corrected chi connectivity index (χ2v) is 8.79. The SMILES string of the molecule is CCNc1nnc(SCC(=O)Nc2sc(C(C)C)cc2C(=O)OCC)s1. The Labute approximate surface area is 164 Å². The summed E-state index contributed by atoms with van der Waals surface area (Å²) in [7, 11) is 0. The lowest BCUT2D eigenvalue weighted by Gasteiger charge is -2.05. The molecule has 10 heteroatoms. The third-order valence-corrected chi connectivity index (χ3v) is 6.50. The average Bonchev–Trinajstić information content (AvgIpc) is 3.21. The molecule has 0 spiro atoms. The Bertz CT molecular complexity index is 758. The first-order chi connectivity index (χ1) is 12.4. The van der Waals surface area contributed by atoms with E-state index in [1.807, 2.05) is 20.8 Å². The number of carbonyl (C=O) groups excluding carboxylic acids is 2. The van der Waals surface area contributed by atoms with Crippen molar-refractivity contribution >= 4 is 56.4 Å². The maximum atomic E-state index is 12.3. The lowest BCUT2D eigenvalue weighted by atomic mass is 10.1. The van der Waals surface area contributed by atoms with Crippen LogP contribution in [-0.4, -0.2) is 41.0 Å². The van der Waals surface area contributed by atoms with Gasteiger partial charge in [0.1, 0.15) is 5.00 Å². The lowest BCUT2D eigenvalue weighted by molar-refractivity contribution is -0.113. The molecular weight excluding hydrogens is 392 g/mol. The predicted molar refractivity (Wildman–Crippen MR) is 108 cm³/mol. The van der Waals surface area contributed by atoms with E-state index in [1.54, 1.807) is 13.0 Å². The van der Waals surface area contributed by atoms with Crippen LogP contribution in [0.25, 0.3) is 0 Å². The molecule has 7 nitrogen and oxygen atoms in total. The summed E-state index contributed by atoms with van der Waals surface area (Å²) in [5, 5.41) is 15.2. The fourth-order valence-corrected chi connectivity index (χ4v) is 4.61. The van der Waals surface area contributed by atoms with E-state index in [2.05, 4.69) is 20.8 Å². The van der Waals surface area contributed by atoms with Gasteiger partial charge in [0.2, 0.25) is 11.0 Å². The number of amides is 1. The molecule has 2 aromatic rings. The van der Waals surface area contributed by atoms with Gasteiger partial charge in [-0.15, -0.1) is 21.5 Å². The Morgan fingerprint density at radius 1 is 1.27 bits per heavy atom. The van der Waals surface area contributed by atoms with E-state index >= 15 is 0 Å². The van der Waals surface area contributed by atoms with Gasteiger partial charge in [-0.05, 0) is 25.8 Å². The molecule has 0 fully saturated rings. The molecule has 2 heterocycles. The highest BCUT2D eigenvalue weighted by atomic mass is 32.2. The van der Waals surface area contributed by atoms with Gasteiger partial charge >= 0.3 is 5.97 Å². The van der Waals surface area contributed by atoms with Crippen LogP contribution in [0, 0.1) is 0 Å². The van der Waals surface area contributed by atoms with E-state index in [0.717, 1.165) is 20.9 Å². The second kappa shape index (κ2) is 9.89. The van der Waals surface area contributed by atoms with Crippen LogP contribution in [0.15, 0.2) is 10.4 Å². The van der Waals surface area contributed by atoms with E-state index in [-0.39, 0.29) is 17.6 Å². The summed E-state index contributed by atoms with van der Waals surface area (Å²) >= 11 is 4.13. The van der Waals surface area contributed by atoms with Crippen molar-refractivity contribution in [3.05, 3.63) is 16.5 Å². The zero-order chi connectivity index (χ0) is 19.1. The number of carbonyl (C=O) groups is 2. The van der Waals surface area contributed by atoms with Crippen molar-refractivity contribution in [1.29, 1.82) is 0 Å². The minimum absolute atomic E-state index is 0.192. The van der Waals surface area contributed by atoms with Crippen LogP contribution in [0.2, 0.25) is 0 Å². The highest BCUT2D eigenvalue weighted by Crippen LogP contribution is 2.34. The molecule has 2 N–H and O–H groups in total. The second-order valence-electron chi connectivity index (χ2n) is 5.51. The molecule has 0 bridgehead atoms. The van der Waals surface area contributed by atoms with Crippen LogP contribution in [0.5, 0.6) is 0 Å².